The first-order valence-electron chi connectivity index (χ1n) is 4.87. The molecule has 90 valence electrons. The molecule has 0 aliphatic carbocycles. The lowest BCUT2D eigenvalue weighted by atomic mass is 10.1. The number of benzene rings is 1. The van der Waals surface area contributed by atoms with E-state index in [2.05, 4.69) is 0 Å². The Bertz CT molecular complexity index is 498. The Morgan fingerprint density at radius 3 is 2.35 bits per heavy atom. The van der Waals surface area contributed by atoms with Gasteiger partial charge in [0.15, 0.2) is 0 Å². The van der Waals surface area contributed by atoms with Crippen LogP contribution in [0.1, 0.15) is 36.7 Å². The first-order chi connectivity index (χ1) is 7.74. The predicted octanol–water partition coefficient (Wildman–Crippen LogP) is 2.79. The van der Waals surface area contributed by atoms with Gasteiger partial charge >= 0.3 is 5.97 Å². The molecule has 5 heteroatoms. The number of halogens is 2. The van der Waals surface area contributed by atoms with Crippen molar-refractivity contribution in [2.45, 2.75) is 26.4 Å². The van der Waals surface area contributed by atoms with Gasteiger partial charge in [0.05, 0.1) is 11.1 Å². The van der Waals surface area contributed by atoms with E-state index in [1.165, 1.54) is 6.07 Å². The van der Waals surface area contributed by atoms with Crippen molar-refractivity contribution in [3.63, 3.8) is 0 Å². The average molecular weight is 239 g/mol. The summed E-state index contributed by atoms with van der Waals surface area (Å²) >= 11 is 0. The molecule has 3 nitrogen and oxygen atoms in total. The van der Waals surface area contributed by atoms with Crippen LogP contribution in [0.25, 0.3) is 0 Å². The zero-order valence-electron chi connectivity index (χ0n) is 9.67. The summed E-state index contributed by atoms with van der Waals surface area (Å²) in [5, 5.41) is 8.58. The summed E-state index contributed by atoms with van der Waals surface area (Å²) in [5.41, 5.74) is -1.63. The molecule has 0 amide bonds. The van der Waals surface area contributed by atoms with Gasteiger partial charge in [0.1, 0.15) is 23.3 Å². The van der Waals surface area contributed by atoms with Gasteiger partial charge in [-0.3, -0.25) is 0 Å². The molecule has 0 fully saturated rings. The van der Waals surface area contributed by atoms with Crippen molar-refractivity contribution in [1.82, 2.24) is 0 Å². The molecule has 0 unspecified atom stereocenters. The van der Waals surface area contributed by atoms with Crippen LogP contribution in [0.3, 0.4) is 0 Å². The summed E-state index contributed by atoms with van der Waals surface area (Å²) < 4.78 is 31.3. The molecule has 0 aliphatic heterocycles. The highest BCUT2D eigenvalue weighted by atomic mass is 19.1. The minimum Gasteiger partial charge on any atom is -0.456 e. The number of hydrogen-bond acceptors (Lipinski definition) is 3. The van der Waals surface area contributed by atoms with Crippen LogP contribution < -0.4 is 0 Å². The molecular formula is C12H11F2NO2. The summed E-state index contributed by atoms with van der Waals surface area (Å²) in [4.78, 5) is 11.6. The van der Waals surface area contributed by atoms with Crippen molar-refractivity contribution in [3.8, 4) is 6.07 Å². The number of hydrogen-bond donors (Lipinski definition) is 0. The van der Waals surface area contributed by atoms with Crippen molar-refractivity contribution < 1.29 is 18.3 Å². The van der Waals surface area contributed by atoms with Crippen LogP contribution in [0.2, 0.25) is 0 Å². The Kier molecular flexibility index (Phi) is 3.47. The van der Waals surface area contributed by atoms with E-state index < -0.39 is 34.3 Å². The lowest BCUT2D eigenvalue weighted by molar-refractivity contribution is 0.00646. The molecule has 1 rings (SSSR count). The Labute approximate surface area is 97.6 Å². The van der Waals surface area contributed by atoms with Crippen molar-refractivity contribution >= 4 is 5.97 Å². The van der Waals surface area contributed by atoms with E-state index in [0.29, 0.717) is 6.07 Å². The van der Waals surface area contributed by atoms with Crippen LogP contribution in [-0.2, 0) is 4.74 Å². The Morgan fingerprint density at radius 1 is 1.29 bits per heavy atom. The van der Waals surface area contributed by atoms with E-state index >= 15 is 0 Å². The molecule has 0 aliphatic rings. The van der Waals surface area contributed by atoms with Crippen molar-refractivity contribution in [1.29, 1.82) is 5.26 Å². The van der Waals surface area contributed by atoms with Gasteiger partial charge in [0, 0.05) is 6.07 Å². The maximum Gasteiger partial charge on any atom is 0.341 e. The molecule has 17 heavy (non-hydrogen) atoms. The number of esters is 1. The third kappa shape index (κ3) is 3.25. The number of nitriles is 1. The fourth-order valence-electron chi connectivity index (χ4n) is 1.12. The van der Waals surface area contributed by atoms with Gasteiger partial charge in [0.2, 0.25) is 0 Å². The molecule has 1 aromatic carbocycles. The SMILES string of the molecule is CC(C)(C)OC(=O)c1cc(C#N)c(F)cc1F. The highest BCUT2D eigenvalue weighted by Crippen LogP contribution is 2.18. The molecule has 0 heterocycles. The molecule has 0 aromatic heterocycles. The van der Waals surface area contributed by atoms with Gasteiger partial charge in [-0.25, -0.2) is 13.6 Å². The topological polar surface area (TPSA) is 50.1 Å². The molecule has 0 N–H and O–H groups in total. The monoisotopic (exact) mass is 239 g/mol. The number of carbonyl (C=O) groups excluding carboxylic acids is 1. The summed E-state index contributed by atoms with van der Waals surface area (Å²) in [5.74, 6) is -2.97. The van der Waals surface area contributed by atoms with Crippen LogP contribution in [0.15, 0.2) is 12.1 Å². The van der Waals surface area contributed by atoms with Gasteiger partial charge < -0.3 is 4.74 Å². The molecule has 0 saturated carbocycles. The number of rotatable bonds is 1. The zero-order valence-corrected chi connectivity index (χ0v) is 9.67. The van der Waals surface area contributed by atoms with Gasteiger partial charge in [0.25, 0.3) is 0 Å². The summed E-state index contributed by atoms with van der Waals surface area (Å²) in [6.45, 7) is 4.87. The second-order valence-electron chi connectivity index (χ2n) is 4.43. The van der Waals surface area contributed by atoms with Crippen LogP contribution in [-0.4, -0.2) is 11.6 Å². The first kappa shape index (κ1) is 13.1. The normalized spacial score (nSPS) is 10.8. The van der Waals surface area contributed by atoms with E-state index in [1.54, 1.807) is 20.8 Å². The third-order valence-electron chi connectivity index (χ3n) is 1.80. The lowest BCUT2D eigenvalue weighted by Crippen LogP contribution is -2.24. The first-order valence-corrected chi connectivity index (χ1v) is 4.87. The maximum atomic E-state index is 13.3. The summed E-state index contributed by atoms with van der Waals surface area (Å²) in [7, 11) is 0. The summed E-state index contributed by atoms with van der Waals surface area (Å²) in [6.07, 6.45) is 0. The van der Waals surface area contributed by atoms with E-state index in [9.17, 15) is 13.6 Å². The summed E-state index contributed by atoms with van der Waals surface area (Å²) in [6, 6.07) is 2.87. The average Bonchev–Trinajstić information content (AvgIpc) is 2.14. The Morgan fingerprint density at radius 2 is 1.88 bits per heavy atom. The van der Waals surface area contributed by atoms with Crippen LogP contribution >= 0.6 is 0 Å². The fourth-order valence-corrected chi connectivity index (χ4v) is 1.12. The standard InChI is InChI=1S/C12H11F2NO2/c1-12(2,3)17-11(16)8-4-7(6-15)9(13)5-10(8)14/h4-5H,1-3H3. The van der Waals surface area contributed by atoms with Gasteiger partial charge in [-0.2, -0.15) is 5.26 Å². The molecular weight excluding hydrogens is 228 g/mol. The molecule has 0 bridgehead atoms. The minimum atomic E-state index is -1.05. The van der Waals surface area contributed by atoms with Crippen molar-refractivity contribution in [2.24, 2.45) is 0 Å². The minimum absolute atomic E-state index is 0.396. The maximum absolute atomic E-state index is 13.3. The fraction of sp³-hybridized carbons (Fsp3) is 0.333. The van der Waals surface area contributed by atoms with Gasteiger partial charge in [-0.05, 0) is 26.8 Å². The number of carbonyl (C=O) groups is 1. The second-order valence-corrected chi connectivity index (χ2v) is 4.43. The van der Waals surface area contributed by atoms with E-state index in [4.69, 9.17) is 10.00 Å². The predicted molar refractivity (Wildman–Crippen MR) is 56.2 cm³/mol. The van der Waals surface area contributed by atoms with E-state index in [0.717, 1.165) is 6.07 Å². The molecule has 0 spiro atoms. The Balaban J connectivity index is 3.15. The second kappa shape index (κ2) is 4.50. The van der Waals surface area contributed by atoms with E-state index in [1.807, 2.05) is 0 Å². The molecule has 1 aromatic rings. The zero-order chi connectivity index (χ0) is 13.2. The van der Waals surface area contributed by atoms with Crippen molar-refractivity contribution in [2.75, 3.05) is 0 Å². The van der Waals surface area contributed by atoms with Gasteiger partial charge in [-0.1, -0.05) is 0 Å². The quantitative estimate of drug-likeness (QED) is 0.708. The van der Waals surface area contributed by atoms with Crippen LogP contribution in [0.4, 0.5) is 8.78 Å². The highest BCUT2D eigenvalue weighted by molar-refractivity contribution is 5.90. The van der Waals surface area contributed by atoms with Crippen molar-refractivity contribution in [3.05, 3.63) is 34.9 Å². The molecule has 0 radical (unpaired) electrons. The number of nitrogens with zero attached hydrogens (tertiary/aromatic N) is 1. The molecule has 0 saturated heterocycles. The smallest absolute Gasteiger partial charge is 0.341 e. The van der Waals surface area contributed by atoms with E-state index in [-0.39, 0.29) is 0 Å². The largest absolute Gasteiger partial charge is 0.456 e. The van der Waals surface area contributed by atoms with Crippen LogP contribution in [0, 0.1) is 23.0 Å². The number of ether oxygens (including phenoxy) is 1. The molecule has 0 atom stereocenters. The van der Waals surface area contributed by atoms with Gasteiger partial charge in [-0.15, -0.1) is 0 Å². The lowest BCUT2D eigenvalue weighted by Gasteiger charge is -2.19. The third-order valence-corrected chi connectivity index (χ3v) is 1.80. The Hall–Kier alpha value is -1.96. The highest BCUT2D eigenvalue weighted by Gasteiger charge is 2.22. The van der Waals surface area contributed by atoms with Crippen LogP contribution in [0.5, 0.6) is 0 Å².